The summed E-state index contributed by atoms with van der Waals surface area (Å²) >= 11 is 0. The van der Waals surface area contributed by atoms with Gasteiger partial charge in [0, 0.05) is 6.61 Å². The lowest BCUT2D eigenvalue weighted by molar-refractivity contribution is -0.150. The predicted octanol–water partition coefficient (Wildman–Crippen LogP) is 4.16. The average molecular weight is 280 g/mol. The fourth-order valence-electron chi connectivity index (χ4n) is 5.28. The fourth-order valence-corrected chi connectivity index (χ4v) is 5.28. The Bertz CT molecular complexity index is 319. The van der Waals surface area contributed by atoms with Gasteiger partial charge in [-0.05, 0) is 82.0 Å². The van der Waals surface area contributed by atoms with Gasteiger partial charge in [0.05, 0.1) is 11.7 Å². The molecule has 3 aliphatic rings. The molecule has 0 radical (unpaired) electrons. The van der Waals surface area contributed by atoms with Gasteiger partial charge in [-0.1, -0.05) is 13.3 Å². The number of rotatable bonds is 5. The van der Waals surface area contributed by atoms with Gasteiger partial charge in [0.25, 0.3) is 0 Å². The molecule has 2 bridgehead atoms. The number of ether oxygens (including phenoxy) is 1. The molecule has 0 aromatic rings. The van der Waals surface area contributed by atoms with Crippen LogP contribution in [0, 0.1) is 23.7 Å². The van der Waals surface area contributed by atoms with Gasteiger partial charge in [0.2, 0.25) is 0 Å². The van der Waals surface area contributed by atoms with E-state index in [1.807, 2.05) is 0 Å². The van der Waals surface area contributed by atoms with Crippen molar-refractivity contribution in [2.75, 3.05) is 6.61 Å². The van der Waals surface area contributed by atoms with E-state index >= 15 is 0 Å². The Balaban J connectivity index is 1.62. The first kappa shape index (κ1) is 14.8. The Morgan fingerprint density at radius 1 is 1.15 bits per heavy atom. The molecule has 1 N–H and O–H groups in total. The van der Waals surface area contributed by atoms with Crippen LogP contribution in [0.5, 0.6) is 0 Å². The maximum Gasteiger partial charge on any atom is 0.0940 e. The highest BCUT2D eigenvalue weighted by atomic mass is 16.5. The Morgan fingerprint density at radius 3 is 2.45 bits per heavy atom. The van der Waals surface area contributed by atoms with Crippen molar-refractivity contribution in [3.05, 3.63) is 0 Å². The zero-order valence-electron chi connectivity index (χ0n) is 13.3. The Morgan fingerprint density at radius 2 is 1.90 bits per heavy atom. The Labute approximate surface area is 124 Å². The van der Waals surface area contributed by atoms with Crippen molar-refractivity contribution >= 4 is 0 Å². The summed E-state index contributed by atoms with van der Waals surface area (Å²) in [4.78, 5) is 0. The molecule has 0 amide bonds. The number of hydrogen-bond acceptors (Lipinski definition) is 2. The summed E-state index contributed by atoms with van der Waals surface area (Å²) in [6.45, 7) is 5.14. The van der Waals surface area contributed by atoms with Crippen LogP contribution in [0.2, 0.25) is 0 Å². The van der Waals surface area contributed by atoms with Crippen LogP contribution in [-0.4, -0.2) is 23.4 Å². The molecule has 0 aliphatic heterocycles. The molecule has 0 heterocycles. The molecule has 3 saturated carbocycles. The van der Waals surface area contributed by atoms with Gasteiger partial charge in [0.15, 0.2) is 0 Å². The molecule has 0 spiro atoms. The maximum atomic E-state index is 10.9. The second kappa shape index (κ2) is 5.96. The summed E-state index contributed by atoms with van der Waals surface area (Å²) < 4.78 is 6.12. The average Bonchev–Trinajstić information content (AvgIpc) is 3.04. The Kier molecular flexibility index (Phi) is 4.42. The standard InChI is InChI=1S/C18H32O2/c1-3-20-18(8-6-13(2)7-9-18)17(19)12-16-11-14-4-5-15(16)10-14/h13-17,19H,3-12H2,1-2H3. The van der Waals surface area contributed by atoms with E-state index in [4.69, 9.17) is 4.74 Å². The molecule has 0 aromatic heterocycles. The second-order valence-electron chi connectivity index (χ2n) is 7.87. The highest BCUT2D eigenvalue weighted by Gasteiger charge is 2.46. The minimum Gasteiger partial charge on any atom is -0.390 e. The van der Waals surface area contributed by atoms with E-state index in [0.29, 0.717) is 0 Å². The number of aliphatic hydroxyl groups is 1. The van der Waals surface area contributed by atoms with Crippen molar-refractivity contribution in [1.29, 1.82) is 0 Å². The van der Waals surface area contributed by atoms with Gasteiger partial charge in [0.1, 0.15) is 0 Å². The van der Waals surface area contributed by atoms with E-state index in [2.05, 4.69) is 13.8 Å². The summed E-state index contributed by atoms with van der Waals surface area (Å²) in [7, 11) is 0. The molecular formula is C18H32O2. The van der Waals surface area contributed by atoms with Crippen LogP contribution in [0.4, 0.5) is 0 Å². The molecule has 116 valence electrons. The van der Waals surface area contributed by atoms with Gasteiger partial charge in [-0.2, -0.15) is 0 Å². The highest BCUT2D eigenvalue weighted by molar-refractivity contribution is 4.97. The lowest BCUT2D eigenvalue weighted by Gasteiger charge is -2.43. The number of aliphatic hydroxyl groups excluding tert-OH is 1. The molecule has 4 atom stereocenters. The van der Waals surface area contributed by atoms with E-state index in [1.165, 1.54) is 38.5 Å². The van der Waals surface area contributed by atoms with Gasteiger partial charge in [-0.3, -0.25) is 0 Å². The third kappa shape index (κ3) is 2.78. The summed E-state index contributed by atoms with van der Waals surface area (Å²) in [6.07, 6.45) is 11.0. The summed E-state index contributed by atoms with van der Waals surface area (Å²) in [6, 6.07) is 0. The molecular weight excluding hydrogens is 248 g/mol. The van der Waals surface area contributed by atoms with E-state index in [9.17, 15) is 5.11 Å². The quantitative estimate of drug-likeness (QED) is 0.819. The summed E-state index contributed by atoms with van der Waals surface area (Å²) in [5.74, 6) is 3.47. The molecule has 20 heavy (non-hydrogen) atoms. The van der Waals surface area contributed by atoms with E-state index in [1.54, 1.807) is 0 Å². The van der Waals surface area contributed by atoms with Gasteiger partial charge < -0.3 is 9.84 Å². The van der Waals surface area contributed by atoms with Gasteiger partial charge in [-0.15, -0.1) is 0 Å². The van der Waals surface area contributed by atoms with Crippen LogP contribution in [0.1, 0.15) is 71.6 Å². The lowest BCUT2D eigenvalue weighted by atomic mass is 9.72. The first-order chi connectivity index (χ1) is 9.63. The Hall–Kier alpha value is -0.0800. The van der Waals surface area contributed by atoms with Crippen molar-refractivity contribution in [2.45, 2.75) is 83.3 Å². The largest absolute Gasteiger partial charge is 0.390 e. The normalized spacial score (nSPS) is 45.8. The zero-order valence-corrected chi connectivity index (χ0v) is 13.3. The molecule has 3 aliphatic carbocycles. The van der Waals surface area contributed by atoms with Gasteiger partial charge >= 0.3 is 0 Å². The van der Waals surface area contributed by atoms with Crippen LogP contribution < -0.4 is 0 Å². The van der Waals surface area contributed by atoms with E-state index in [0.717, 1.165) is 49.5 Å². The molecule has 3 fully saturated rings. The van der Waals surface area contributed by atoms with Crippen LogP contribution in [0.25, 0.3) is 0 Å². The first-order valence-corrected chi connectivity index (χ1v) is 8.95. The maximum absolute atomic E-state index is 10.9. The SMILES string of the molecule is CCOC1(C(O)CC2CC3CCC2C3)CCC(C)CC1. The monoisotopic (exact) mass is 280 g/mol. The highest BCUT2D eigenvalue weighted by Crippen LogP contribution is 2.51. The van der Waals surface area contributed by atoms with Crippen LogP contribution in [0.3, 0.4) is 0 Å². The van der Waals surface area contributed by atoms with Crippen molar-refractivity contribution in [1.82, 2.24) is 0 Å². The molecule has 2 nitrogen and oxygen atoms in total. The van der Waals surface area contributed by atoms with E-state index < -0.39 is 0 Å². The molecule has 2 heteroatoms. The van der Waals surface area contributed by atoms with Crippen molar-refractivity contribution in [3.8, 4) is 0 Å². The van der Waals surface area contributed by atoms with Crippen molar-refractivity contribution in [3.63, 3.8) is 0 Å². The smallest absolute Gasteiger partial charge is 0.0940 e. The zero-order chi connectivity index (χ0) is 14.2. The van der Waals surface area contributed by atoms with Crippen molar-refractivity contribution in [2.24, 2.45) is 23.7 Å². The molecule has 0 saturated heterocycles. The van der Waals surface area contributed by atoms with Crippen LogP contribution >= 0.6 is 0 Å². The minimum absolute atomic E-state index is 0.219. The van der Waals surface area contributed by atoms with E-state index in [-0.39, 0.29) is 11.7 Å². The molecule has 4 unspecified atom stereocenters. The number of fused-ring (bicyclic) bond motifs is 2. The topological polar surface area (TPSA) is 29.5 Å². The summed E-state index contributed by atoms with van der Waals surface area (Å²) in [5, 5.41) is 10.9. The second-order valence-corrected chi connectivity index (χ2v) is 7.87. The first-order valence-electron chi connectivity index (χ1n) is 8.95. The third-order valence-corrected chi connectivity index (χ3v) is 6.57. The van der Waals surface area contributed by atoms with Crippen molar-refractivity contribution < 1.29 is 9.84 Å². The predicted molar refractivity (Wildman–Crippen MR) is 81.6 cm³/mol. The third-order valence-electron chi connectivity index (χ3n) is 6.57. The lowest BCUT2D eigenvalue weighted by Crippen LogP contribution is -2.48. The van der Waals surface area contributed by atoms with Gasteiger partial charge in [-0.25, -0.2) is 0 Å². The van der Waals surface area contributed by atoms with Crippen LogP contribution in [0.15, 0.2) is 0 Å². The minimum atomic E-state index is -0.237. The summed E-state index contributed by atoms with van der Waals surface area (Å²) in [5.41, 5.74) is -0.219. The van der Waals surface area contributed by atoms with Crippen LogP contribution in [-0.2, 0) is 4.74 Å². The fraction of sp³-hybridized carbons (Fsp3) is 1.00. The molecule has 3 rings (SSSR count). The number of hydrogen-bond donors (Lipinski definition) is 1. The molecule has 0 aromatic carbocycles.